The monoisotopic (exact) mass is 314 g/mol. The summed E-state index contributed by atoms with van der Waals surface area (Å²) >= 11 is 7.24. The summed E-state index contributed by atoms with van der Waals surface area (Å²) in [4.78, 5) is 9.90. The minimum atomic E-state index is -0.387. The molecular weight excluding hydrogens is 292 g/mol. The van der Waals surface area contributed by atoms with Gasteiger partial charge in [-0.25, -0.2) is 4.98 Å². The average Bonchev–Trinajstić information content (AvgIpc) is 2.99. The van der Waals surface area contributed by atoms with Gasteiger partial charge >= 0.3 is 0 Å². The van der Waals surface area contributed by atoms with Crippen LogP contribution in [0.5, 0.6) is 0 Å². The van der Waals surface area contributed by atoms with Crippen molar-refractivity contribution < 1.29 is 4.74 Å². The Bertz CT molecular complexity index is 432. The largest absolute Gasteiger partial charge is 0.381 e. The maximum absolute atomic E-state index is 5.64. The van der Waals surface area contributed by atoms with Crippen molar-refractivity contribution in [2.45, 2.75) is 5.54 Å². The number of morpholine rings is 1. The number of thiazole rings is 1. The maximum Gasteiger partial charge on any atom is 0.127 e. The van der Waals surface area contributed by atoms with E-state index in [4.69, 9.17) is 17.0 Å². The molecule has 1 atom stereocenters. The maximum atomic E-state index is 5.64. The van der Waals surface area contributed by atoms with Gasteiger partial charge in [0.2, 0.25) is 0 Å². The summed E-state index contributed by atoms with van der Waals surface area (Å²) in [6, 6.07) is 0. The number of thiocarbonyl (C=S) groups is 1. The van der Waals surface area contributed by atoms with Gasteiger partial charge < -0.3 is 10.1 Å². The zero-order valence-corrected chi connectivity index (χ0v) is 13.9. The number of hydrogen-bond acceptors (Lipinski definition) is 6. The van der Waals surface area contributed by atoms with Gasteiger partial charge in [-0.3, -0.25) is 9.80 Å². The fraction of sp³-hybridized carbons (Fsp3) is 0.692. The van der Waals surface area contributed by atoms with Crippen molar-refractivity contribution in [2.75, 3.05) is 54.0 Å². The number of hydrogen-bond donors (Lipinski definition) is 1. The van der Waals surface area contributed by atoms with Crippen LogP contribution in [0.1, 0.15) is 5.69 Å². The molecule has 0 radical (unpaired) electrons. The van der Waals surface area contributed by atoms with Crippen LogP contribution in [0.25, 0.3) is 0 Å². The van der Waals surface area contributed by atoms with E-state index >= 15 is 0 Å². The lowest BCUT2D eigenvalue weighted by Crippen LogP contribution is -2.59. The third-order valence-corrected chi connectivity index (χ3v) is 4.91. The molecule has 7 heteroatoms. The standard InChI is InChI=1S/C13H22N4OS2/c1-14-12(19)13(16(2)3,11-8-20-10-15-11)9-17-4-6-18-7-5-17/h8,10H,4-7,9H2,1-3H3,(H,14,19). The molecule has 0 bridgehead atoms. The Morgan fingerprint density at radius 2 is 2.25 bits per heavy atom. The van der Waals surface area contributed by atoms with E-state index in [-0.39, 0.29) is 5.54 Å². The highest BCUT2D eigenvalue weighted by molar-refractivity contribution is 7.80. The summed E-state index contributed by atoms with van der Waals surface area (Å²) in [5.41, 5.74) is 2.49. The first-order chi connectivity index (χ1) is 9.61. The molecule has 0 spiro atoms. The molecule has 1 aromatic heterocycles. The van der Waals surface area contributed by atoms with E-state index in [0.29, 0.717) is 0 Å². The Morgan fingerprint density at radius 3 is 2.75 bits per heavy atom. The van der Waals surface area contributed by atoms with Crippen LogP contribution in [0.4, 0.5) is 0 Å². The molecule has 0 saturated carbocycles. The molecule has 112 valence electrons. The molecule has 1 saturated heterocycles. The van der Waals surface area contributed by atoms with Crippen LogP contribution in [0.2, 0.25) is 0 Å². The highest BCUT2D eigenvalue weighted by Gasteiger charge is 2.42. The molecular formula is C13H22N4OS2. The van der Waals surface area contributed by atoms with Crippen molar-refractivity contribution in [1.82, 2.24) is 20.1 Å². The van der Waals surface area contributed by atoms with E-state index in [2.05, 4.69) is 39.6 Å². The molecule has 5 nitrogen and oxygen atoms in total. The lowest BCUT2D eigenvalue weighted by Gasteiger charge is -2.43. The van der Waals surface area contributed by atoms with Crippen LogP contribution < -0.4 is 5.32 Å². The Hall–Kier alpha value is -0.600. The highest BCUT2D eigenvalue weighted by Crippen LogP contribution is 2.29. The van der Waals surface area contributed by atoms with Crippen LogP contribution >= 0.6 is 23.6 Å². The zero-order chi connectivity index (χ0) is 14.6. The van der Waals surface area contributed by atoms with Gasteiger partial charge in [0.15, 0.2) is 0 Å². The van der Waals surface area contributed by atoms with Gasteiger partial charge in [-0.2, -0.15) is 0 Å². The second-order valence-electron chi connectivity index (χ2n) is 5.10. The highest BCUT2D eigenvalue weighted by atomic mass is 32.1. The molecule has 2 rings (SSSR count). The minimum Gasteiger partial charge on any atom is -0.381 e. The number of nitrogens with one attached hydrogen (secondary N) is 1. The first-order valence-electron chi connectivity index (χ1n) is 6.69. The predicted molar refractivity (Wildman–Crippen MR) is 86.4 cm³/mol. The van der Waals surface area contributed by atoms with Gasteiger partial charge in [-0.05, 0) is 14.1 Å². The van der Waals surface area contributed by atoms with Crippen LogP contribution in [-0.4, -0.2) is 73.8 Å². The van der Waals surface area contributed by atoms with E-state index in [1.165, 1.54) is 0 Å². The number of ether oxygens (including phenoxy) is 1. The summed E-state index contributed by atoms with van der Waals surface area (Å²) in [5, 5.41) is 5.25. The summed E-state index contributed by atoms with van der Waals surface area (Å²) in [7, 11) is 6.00. The van der Waals surface area contributed by atoms with E-state index in [1.54, 1.807) is 11.3 Å². The predicted octanol–water partition coefficient (Wildman–Crippen LogP) is 0.779. The fourth-order valence-electron chi connectivity index (χ4n) is 2.55. The van der Waals surface area contributed by atoms with Crippen molar-refractivity contribution in [2.24, 2.45) is 0 Å². The van der Waals surface area contributed by atoms with Crippen molar-refractivity contribution in [3.63, 3.8) is 0 Å². The van der Waals surface area contributed by atoms with Gasteiger partial charge in [0.05, 0.1) is 24.4 Å². The molecule has 0 amide bonds. The molecule has 0 aliphatic carbocycles. The van der Waals surface area contributed by atoms with E-state index < -0.39 is 0 Å². The van der Waals surface area contributed by atoms with Gasteiger partial charge in [-0.1, -0.05) is 12.2 Å². The summed E-state index contributed by atoms with van der Waals surface area (Å²) in [6.45, 7) is 4.27. The van der Waals surface area contributed by atoms with E-state index in [1.807, 2.05) is 12.6 Å². The van der Waals surface area contributed by atoms with E-state index in [9.17, 15) is 0 Å². The molecule has 1 aliphatic rings. The molecule has 1 aliphatic heterocycles. The van der Waals surface area contributed by atoms with Crippen LogP contribution in [-0.2, 0) is 10.3 Å². The molecule has 0 aromatic carbocycles. The Morgan fingerprint density at radius 1 is 1.55 bits per heavy atom. The van der Waals surface area contributed by atoms with Crippen molar-refractivity contribution >= 4 is 28.5 Å². The third kappa shape index (κ3) is 3.01. The SMILES string of the molecule is CNC(=S)C(CN1CCOCC1)(c1cscn1)N(C)C. The first kappa shape index (κ1) is 15.8. The summed E-state index contributed by atoms with van der Waals surface area (Å²) in [6.07, 6.45) is 0. The number of likely N-dealkylation sites (N-methyl/N-ethyl adjacent to an activating group) is 2. The van der Waals surface area contributed by atoms with Crippen molar-refractivity contribution in [3.05, 3.63) is 16.6 Å². The second-order valence-corrected chi connectivity index (χ2v) is 6.22. The molecule has 1 N–H and O–H groups in total. The quantitative estimate of drug-likeness (QED) is 0.810. The van der Waals surface area contributed by atoms with Gasteiger partial charge in [0.1, 0.15) is 10.5 Å². The fourth-order valence-corrected chi connectivity index (χ4v) is 3.52. The molecule has 20 heavy (non-hydrogen) atoms. The lowest BCUT2D eigenvalue weighted by molar-refractivity contribution is 0.0181. The second kappa shape index (κ2) is 6.91. The van der Waals surface area contributed by atoms with Crippen LogP contribution in [0.3, 0.4) is 0 Å². The lowest BCUT2D eigenvalue weighted by atomic mass is 9.92. The number of nitrogens with zero attached hydrogens (tertiary/aromatic N) is 3. The Balaban J connectivity index is 2.33. The van der Waals surface area contributed by atoms with Gasteiger partial charge in [0, 0.05) is 32.1 Å². The first-order valence-corrected chi connectivity index (χ1v) is 8.04. The topological polar surface area (TPSA) is 40.6 Å². The minimum absolute atomic E-state index is 0.387. The van der Waals surface area contributed by atoms with E-state index in [0.717, 1.165) is 43.5 Å². The summed E-state index contributed by atoms with van der Waals surface area (Å²) < 4.78 is 5.43. The zero-order valence-electron chi connectivity index (χ0n) is 12.3. The Kier molecular flexibility index (Phi) is 5.45. The smallest absolute Gasteiger partial charge is 0.127 e. The third-order valence-electron chi connectivity index (χ3n) is 3.78. The van der Waals surface area contributed by atoms with Gasteiger partial charge in [-0.15, -0.1) is 11.3 Å². The molecule has 1 fully saturated rings. The molecule has 1 unspecified atom stereocenters. The van der Waals surface area contributed by atoms with Crippen molar-refractivity contribution in [1.29, 1.82) is 0 Å². The molecule has 1 aromatic rings. The molecule has 2 heterocycles. The average molecular weight is 314 g/mol. The van der Waals surface area contributed by atoms with Crippen LogP contribution in [0, 0.1) is 0 Å². The number of rotatable bonds is 5. The Labute approximate surface area is 129 Å². The normalized spacial score (nSPS) is 19.8. The van der Waals surface area contributed by atoms with Crippen molar-refractivity contribution in [3.8, 4) is 0 Å². The van der Waals surface area contributed by atoms with Gasteiger partial charge in [0.25, 0.3) is 0 Å². The summed E-state index contributed by atoms with van der Waals surface area (Å²) in [5.74, 6) is 0. The number of aromatic nitrogens is 1. The van der Waals surface area contributed by atoms with Crippen LogP contribution in [0.15, 0.2) is 10.9 Å².